The summed E-state index contributed by atoms with van der Waals surface area (Å²) in [5.74, 6) is 0.501. The Bertz CT molecular complexity index is 1450. The lowest BCUT2D eigenvalue weighted by atomic mass is 10.1. The SMILES string of the molecule is CCC(c1nc2ccccc2c(=O)n1-c1ccc(Br)cc1)N(CCOC)C(=O)Nc1c(C)cccc1C. The second-order valence-corrected chi connectivity index (χ2v) is 9.83. The molecule has 0 saturated carbocycles. The number of aryl methyl sites for hydroxylation is 2. The number of nitrogens with one attached hydrogen (secondary N) is 1. The summed E-state index contributed by atoms with van der Waals surface area (Å²) in [7, 11) is 1.61. The molecule has 0 spiro atoms. The van der Waals surface area contributed by atoms with Gasteiger partial charge in [-0.1, -0.05) is 53.2 Å². The maximum Gasteiger partial charge on any atom is 0.322 e. The van der Waals surface area contributed by atoms with Crippen LogP contribution >= 0.6 is 15.9 Å². The lowest BCUT2D eigenvalue weighted by Gasteiger charge is -2.32. The molecular formula is C29H31BrN4O3. The van der Waals surface area contributed by atoms with E-state index in [-0.39, 0.29) is 11.6 Å². The first-order chi connectivity index (χ1) is 17.8. The summed E-state index contributed by atoms with van der Waals surface area (Å²) in [5, 5.41) is 3.62. The Balaban J connectivity index is 1.88. The second-order valence-electron chi connectivity index (χ2n) is 8.91. The zero-order valence-electron chi connectivity index (χ0n) is 21.5. The lowest BCUT2D eigenvalue weighted by molar-refractivity contribution is 0.131. The average molecular weight is 563 g/mol. The van der Waals surface area contributed by atoms with Crippen LogP contribution in [-0.4, -0.2) is 40.7 Å². The van der Waals surface area contributed by atoms with Crippen LogP contribution < -0.4 is 10.9 Å². The highest BCUT2D eigenvalue weighted by Gasteiger charge is 2.29. The molecule has 0 aliphatic rings. The fourth-order valence-corrected chi connectivity index (χ4v) is 4.80. The molecule has 1 N–H and O–H groups in total. The van der Waals surface area contributed by atoms with Crippen molar-refractivity contribution < 1.29 is 9.53 Å². The molecule has 1 unspecified atom stereocenters. The van der Waals surface area contributed by atoms with E-state index < -0.39 is 6.04 Å². The molecule has 0 fully saturated rings. The van der Waals surface area contributed by atoms with Crippen LogP contribution in [0.25, 0.3) is 16.6 Å². The number of nitrogens with zero attached hydrogens (tertiary/aromatic N) is 3. The molecule has 7 nitrogen and oxygen atoms in total. The van der Waals surface area contributed by atoms with Crippen LogP contribution in [0, 0.1) is 13.8 Å². The predicted molar refractivity (Wildman–Crippen MR) is 152 cm³/mol. The number of anilines is 1. The average Bonchev–Trinajstić information content (AvgIpc) is 2.89. The quantitative estimate of drug-likeness (QED) is 0.269. The van der Waals surface area contributed by atoms with Gasteiger partial charge in [-0.05, 0) is 67.8 Å². The van der Waals surface area contributed by atoms with Gasteiger partial charge < -0.3 is 15.0 Å². The maximum atomic E-state index is 13.8. The molecule has 2 amide bonds. The van der Waals surface area contributed by atoms with Crippen molar-refractivity contribution in [3.63, 3.8) is 0 Å². The van der Waals surface area contributed by atoms with Gasteiger partial charge >= 0.3 is 6.03 Å². The molecule has 1 heterocycles. The molecule has 37 heavy (non-hydrogen) atoms. The Morgan fingerprint density at radius 2 is 1.73 bits per heavy atom. The first-order valence-corrected chi connectivity index (χ1v) is 13.0. The Hall–Kier alpha value is -3.49. The number of methoxy groups -OCH3 is 1. The summed E-state index contributed by atoms with van der Waals surface area (Å²) in [6.45, 7) is 6.59. The minimum Gasteiger partial charge on any atom is -0.383 e. The Kier molecular flexibility index (Phi) is 8.41. The molecular weight excluding hydrogens is 532 g/mol. The molecule has 0 aliphatic heterocycles. The maximum absolute atomic E-state index is 13.8. The van der Waals surface area contributed by atoms with Crippen LogP contribution in [0.3, 0.4) is 0 Å². The van der Waals surface area contributed by atoms with Crippen LogP contribution in [0.1, 0.15) is 36.3 Å². The van der Waals surface area contributed by atoms with Crippen molar-refractivity contribution in [2.45, 2.75) is 33.2 Å². The molecule has 8 heteroatoms. The molecule has 0 radical (unpaired) electrons. The number of benzene rings is 3. The van der Waals surface area contributed by atoms with Gasteiger partial charge in [0.1, 0.15) is 5.82 Å². The minimum absolute atomic E-state index is 0.178. The number of aromatic nitrogens is 2. The van der Waals surface area contributed by atoms with Gasteiger partial charge in [0, 0.05) is 23.8 Å². The monoisotopic (exact) mass is 562 g/mol. The second kappa shape index (κ2) is 11.7. The number of halogens is 1. The van der Waals surface area contributed by atoms with Crippen molar-refractivity contribution in [3.05, 3.63) is 98.5 Å². The predicted octanol–water partition coefficient (Wildman–Crippen LogP) is 6.40. The van der Waals surface area contributed by atoms with Crippen LogP contribution in [0.2, 0.25) is 0 Å². The van der Waals surface area contributed by atoms with E-state index in [9.17, 15) is 9.59 Å². The van der Waals surface area contributed by atoms with Crippen molar-refractivity contribution in [3.8, 4) is 5.69 Å². The summed E-state index contributed by atoms with van der Waals surface area (Å²) < 4.78 is 7.88. The van der Waals surface area contributed by atoms with Gasteiger partial charge in [-0.25, -0.2) is 9.78 Å². The fourth-order valence-electron chi connectivity index (χ4n) is 4.53. The molecule has 1 aromatic heterocycles. The Labute approximate surface area is 225 Å². The molecule has 3 aromatic carbocycles. The van der Waals surface area contributed by atoms with Crippen molar-refractivity contribution >= 4 is 38.6 Å². The first-order valence-electron chi connectivity index (χ1n) is 12.3. The Morgan fingerprint density at radius 1 is 1.05 bits per heavy atom. The van der Waals surface area contributed by atoms with Gasteiger partial charge in [-0.15, -0.1) is 0 Å². The van der Waals surface area contributed by atoms with E-state index in [2.05, 4.69) is 21.2 Å². The van der Waals surface area contributed by atoms with Gasteiger partial charge in [0.15, 0.2) is 0 Å². The molecule has 0 saturated heterocycles. The van der Waals surface area contributed by atoms with E-state index in [4.69, 9.17) is 9.72 Å². The van der Waals surface area contributed by atoms with Crippen LogP contribution in [-0.2, 0) is 4.74 Å². The number of hydrogen-bond donors (Lipinski definition) is 1. The highest BCUT2D eigenvalue weighted by molar-refractivity contribution is 9.10. The largest absolute Gasteiger partial charge is 0.383 e. The number of hydrogen-bond acceptors (Lipinski definition) is 4. The van der Waals surface area contributed by atoms with Gasteiger partial charge in [0.25, 0.3) is 5.56 Å². The van der Waals surface area contributed by atoms with Crippen molar-refractivity contribution in [1.29, 1.82) is 0 Å². The number of fused-ring (bicyclic) bond motifs is 1. The third-order valence-electron chi connectivity index (χ3n) is 6.46. The lowest BCUT2D eigenvalue weighted by Crippen LogP contribution is -2.42. The summed E-state index contributed by atoms with van der Waals surface area (Å²) in [5.41, 5.74) is 3.83. The van der Waals surface area contributed by atoms with E-state index in [1.165, 1.54) is 0 Å². The standard InChI is InChI=1S/C29H31BrN4O3/c1-5-25(33(17-18-37-4)29(36)32-26-19(2)9-8-10-20(26)3)27-31-24-12-7-6-11-23(24)28(35)34(27)22-15-13-21(30)14-16-22/h6-16,25H,5,17-18H2,1-4H3,(H,32,36). The molecule has 1 atom stereocenters. The number of urea groups is 1. The molecule has 192 valence electrons. The fraction of sp³-hybridized carbons (Fsp3) is 0.276. The molecule has 0 aliphatic carbocycles. The molecule has 0 bridgehead atoms. The zero-order chi connectivity index (χ0) is 26.5. The summed E-state index contributed by atoms with van der Waals surface area (Å²) in [6.07, 6.45) is 0.547. The van der Waals surface area contributed by atoms with Gasteiger partial charge in [-0.3, -0.25) is 9.36 Å². The number of carbonyl (C=O) groups excluding carboxylic acids is 1. The van der Waals surface area contributed by atoms with E-state index >= 15 is 0 Å². The van der Waals surface area contributed by atoms with Crippen molar-refractivity contribution in [2.75, 3.05) is 25.6 Å². The third kappa shape index (κ3) is 5.60. The van der Waals surface area contributed by atoms with Crippen LogP contribution in [0.4, 0.5) is 10.5 Å². The van der Waals surface area contributed by atoms with E-state index in [1.54, 1.807) is 22.6 Å². The number of rotatable bonds is 8. The highest BCUT2D eigenvalue weighted by atomic mass is 79.9. The van der Waals surface area contributed by atoms with Crippen LogP contribution in [0.5, 0.6) is 0 Å². The summed E-state index contributed by atoms with van der Waals surface area (Å²) >= 11 is 3.47. The normalized spacial score (nSPS) is 11.9. The van der Waals surface area contributed by atoms with Crippen LogP contribution in [0.15, 0.2) is 76.0 Å². The van der Waals surface area contributed by atoms with Gasteiger partial charge in [-0.2, -0.15) is 0 Å². The number of para-hydroxylation sites is 2. The molecule has 4 rings (SSSR count). The Morgan fingerprint density at radius 3 is 2.38 bits per heavy atom. The smallest absolute Gasteiger partial charge is 0.322 e. The van der Waals surface area contributed by atoms with Gasteiger partial charge in [0.05, 0.1) is 29.2 Å². The van der Waals surface area contributed by atoms with Crippen molar-refractivity contribution in [2.24, 2.45) is 0 Å². The number of ether oxygens (including phenoxy) is 1. The number of amides is 2. The zero-order valence-corrected chi connectivity index (χ0v) is 23.1. The van der Waals surface area contributed by atoms with E-state index in [0.717, 1.165) is 21.3 Å². The van der Waals surface area contributed by atoms with Gasteiger partial charge in [0.2, 0.25) is 0 Å². The highest BCUT2D eigenvalue weighted by Crippen LogP contribution is 2.28. The van der Waals surface area contributed by atoms with E-state index in [0.29, 0.717) is 42.0 Å². The molecule has 4 aromatic rings. The first kappa shape index (κ1) is 26.6. The third-order valence-corrected chi connectivity index (χ3v) is 6.99. The number of carbonyl (C=O) groups is 1. The minimum atomic E-state index is -0.486. The van der Waals surface area contributed by atoms with Crippen molar-refractivity contribution in [1.82, 2.24) is 14.5 Å². The van der Waals surface area contributed by atoms with E-state index in [1.807, 2.05) is 81.4 Å². The summed E-state index contributed by atoms with van der Waals surface area (Å²) in [4.78, 5) is 34.2. The topological polar surface area (TPSA) is 76.5 Å². The summed E-state index contributed by atoms with van der Waals surface area (Å²) in [6, 6.07) is 20.0.